The lowest BCUT2D eigenvalue weighted by molar-refractivity contribution is -0.118. The number of aromatic carboxylic acids is 2. The molecule has 0 atom stereocenters. The fourth-order valence-electron chi connectivity index (χ4n) is 4.11. The molecule has 1 amide bonds. The van der Waals surface area contributed by atoms with Gasteiger partial charge in [-0.05, 0) is 98.3 Å². The second kappa shape index (κ2) is 9.79. The number of nitrogens with one attached hydrogen (secondary N) is 1. The molecule has 0 aliphatic rings. The van der Waals surface area contributed by atoms with Crippen LogP contribution in [0.25, 0.3) is 11.1 Å². The molecular weight excluding hydrogens is 434 g/mol. The Kier molecular flexibility index (Phi) is 7.05. The Morgan fingerprint density at radius 2 is 1.29 bits per heavy atom. The molecule has 0 aliphatic heterocycles. The molecule has 3 rings (SSSR count). The van der Waals surface area contributed by atoms with Gasteiger partial charge in [-0.2, -0.15) is 0 Å². The Hall–Kier alpha value is -4.13. The normalized spacial score (nSPS) is 10.6. The summed E-state index contributed by atoms with van der Waals surface area (Å²) in [4.78, 5) is 34.9. The third kappa shape index (κ3) is 5.43. The van der Waals surface area contributed by atoms with E-state index in [0.717, 1.165) is 22.8 Å². The molecule has 0 bridgehead atoms. The summed E-state index contributed by atoms with van der Waals surface area (Å²) < 4.78 is 5.73. The summed E-state index contributed by atoms with van der Waals surface area (Å²) in [5.74, 6) is -2.56. The number of carboxylic acid groups (broad SMARTS) is 2. The first-order valence-electron chi connectivity index (χ1n) is 10.7. The molecule has 3 N–H and O–H groups in total. The van der Waals surface area contributed by atoms with Crippen LogP contribution in [-0.2, 0) is 4.79 Å². The highest BCUT2D eigenvalue weighted by Crippen LogP contribution is 2.34. The standard InChI is InChI=1S/C27H27NO6/c1-14-6-17(4)25(18(5)7-14)22-8-16(3)23(9-15(22)2)34-13-24(29)28-21-11-19(26(30)31)10-20(12-21)27(32)33/h6-12H,13H2,1-5H3,(H,28,29)(H,30,31)(H,32,33). The minimum absolute atomic E-state index is 0.0690. The second-order valence-electron chi connectivity index (χ2n) is 8.45. The smallest absolute Gasteiger partial charge is 0.335 e. The summed E-state index contributed by atoms with van der Waals surface area (Å²) >= 11 is 0. The summed E-state index contributed by atoms with van der Waals surface area (Å²) in [6, 6.07) is 11.7. The maximum Gasteiger partial charge on any atom is 0.335 e. The van der Waals surface area contributed by atoms with E-state index in [9.17, 15) is 24.6 Å². The number of benzene rings is 3. The molecule has 3 aromatic rings. The van der Waals surface area contributed by atoms with E-state index < -0.39 is 17.8 Å². The number of carbonyl (C=O) groups is 3. The Morgan fingerprint density at radius 1 is 0.735 bits per heavy atom. The van der Waals surface area contributed by atoms with E-state index in [1.54, 1.807) is 0 Å². The predicted molar refractivity (Wildman–Crippen MR) is 130 cm³/mol. The van der Waals surface area contributed by atoms with Gasteiger partial charge in [-0.15, -0.1) is 0 Å². The van der Waals surface area contributed by atoms with Gasteiger partial charge in [-0.25, -0.2) is 9.59 Å². The van der Waals surface area contributed by atoms with Crippen molar-refractivity contribution in [2.24, 2.45) is 0 Å². The van der Waals surface area contributed by atoms with E-state index in [1.807, 2.05) is 26.0 Å². The monoisotopic (exact) mass is 461 g/mol. The number of hydrogen-bond acceptors (Lipinski definition) is 4. The van der Waals surface area contributed by atoms with E-state index in [0.29, 0.717) is 5.75 Å². The summed E-state index contributed by atoms with van der Waals surface area (Å²) in [6.45, 7) is 9.84. The molecule has 0 aromatic heterocycles. The van der Waals surface area contributed by atoms with Crippen LogP contribution in [0, 0.1) is 34.6 Å². The predicted octanol–water partition coefficient (Wildman–Crippen LogP) is 5.31. The van der Waals surface area contributed by atoms with E-state index in [2.05, 4.69) is 38.2 Å². The lowest BCUT2D eigenvalue weighted by Gasteiger charge is -2.17. The van der Waals surface area contributed by atoms with Crippen molar-refractivity contribution in [2.45, 2.75) is 34.6 Å². The van der Waals surface area contributed by atoms with Gasteiger partial charge in [0, 0.05) is 5.69 Å². The molecule has 0 aliphatic carbocycles. The van der Waals surface area contributed by atoms with Crippen molar-refractivity contribution in [3.63, 3.8) is 0 Å². The van der Waals surface area contributed by atoms with Gasteiger partial charge in [-0.3, -0.25) is 4.79 Å². The van der Waals surface area contributed by atoms with Gasteiger partial charge >= 0.3 is 11.9 Å². The number of carbonyl (C=O) groups excluding carboxylic acids is 1. The lowest BCUT2D eigenvalue weighted by Crippen LogP contribution is -2.21. The van der Waals surface area contributed by atoms with Crippen molar-refractivity contribution in [1.29, 1.82) is 0 Å². The van der Waals surface area contributed by atoms with Gasteiger partial charge in [0.25, 0.3) is 5.91 Å². The first-order valence-corrected chi connectivity index (χ1v) is 10.7. The van der Waals surface area contributed by atoms with Gasteiger partial charge in [-0.1, -0.05) is 17.7 Å². The highest BCUT2D eigenvalue weighted by molar-refractivity contribution is 5.98. The van der Waals surface area contributed by atoms with Crippen LogP contribution in [0.1, 0.15) is 48.5 Å². The van der Waals surface area contributed by atoms with E-state index in [4.69, 9.17) is 4.74 Å². The third-order valence-electron chi connectivity index (χ3n) is 5.54. The second-order valence-corrected chi connectivity index (χ2v) is 8.45. The van der Waals surface area contributed by atoms with Crippen molar-refractivity contribution in [3.05, 3.63) is 81.4 Å². The first-order chi connectivity index (χ1) is 16.0. The van der Waals surface area contributed by atoms with Crippen molar-refractivity contribution in [2.75, 3.05) is 11.9 Å². The Balaban J connectivity index is 1.78. The van der Waals surface area contributed by atoms with Crippen LogP contribution in [0.3, 0.4) is 0 Å². The van der Waals surface area contributed by atoms with Crippen LogP contribution < -0.4 is 10.1 Å². The van der Waals surface area contributed by atoms with Crippen LogP contribution in [0.4, 0.5) is 5.69 Å². The van der Waals surface area contributed by atoms with E-state index in [-0.39, 0.29) is 23.4 Å². The molecule has 0 saturated carbocycles. The Morgan fingerprint density at radius 3 is 1.82 bits per heavy atom. The molecular formula is C27H27NO6. The zero-order valence-electron chi connectivity index (χ0n) is 19.8. The molecule has 176 valence electrons. The van der Waals surface area contributed by atoms with Gasteiger partial charge in [0.2, 0.25) is 0 Å². The van der Waals surface area contributed by atoms with Gasteiger partial charge in [0.1, 0.15) is 5.75 Å². The van der Waals surface area contributed by atoms with Gasteiger partial charge in [0.05, 0.1) is 11.1 Å². The zero-order chi connectivity index (χ0) is 25.2. The molecule has 7 nitrogen and oxygen atoms in total. The van der Waals surface area contributed by atoms with Crippen molar-refractivity contribution in [1.82, 2.24) is 0 Å². The lowest BCUT2D eigenvalue weighted by atomic mass is 9.90. The number of aryl methyl sites for hydroxylation is 5. The molecule has 7 heteroatoms. The summed E-state index contributed by atoms with van der Waals surface area (Å²) in [7, 11) is 0. The van der Waals surface area contributed by atoms with Crippen molar-refractivity contribution >= 4 is 23.5 Å². The van der Waals surface area contributed by atoms with Crippen molar-refractivity contribution < 1.29 is 29.3 Å². The van der Waals surface area contributed by atoms with Crippen LogP contribution in [-0.4, -0.2) is 34.7 Å². The maximum atomic E-state index is 12.4. The summed E-state index contributed by atoms with van der Waals surface area (Å²) in [5.41, 5.74) is 7.36. The molecule has 0 heterocycles. The Labute approximate surface area is 198 Å². The van der Waals surface area contributed by atoms with E-state index in [1.165, 1.54) is 34.4 Å². The summed E-state index contributed by atoms with van der Waals surface area (Å²) in [5, 5.41) is 20.9. The number of hydrogen-bond donors (Lipinski definition) is 3. The maximum absolute atomic E-state index is 12.4. The number of carboxylic acids is 2. The zero-order valence-corrected chi connectivity index (χ0v) is 19.8. The first kappa shape index (κ1) is 24.5. The van der Waals surface area contributed by atoms with Gasteiger partial charge in [0.15, 0.2) is 6.61 Å². The average Bonchev–Trinajstić information content (AvgIpc) is 2.73. The number of ether oxygens (including phenoxy) is 1. The van der Waals surface area contributed by atoms with Crippen LogP contribution in [0.15, 0.2) is 42.5 Å². The highest BCUT2D eigenvalue weighted by atomic mass is 16.5. The number of rotatable bonds is 7. The summed E-state index contributed by atoms with van der Waals surface area (Å²) in [6.07, 6.45) is 0. The topological polar surface area (TPSA) is 113 Å². The fourth-order valence-corrected chi connectivity index (χ4v) is 4.11. The minimum Gasteiger partial charge on any atom is -0.483 e. The van der Waals surface area contributed by atoms with Crippen molar-refractivity contribution in [3.8, 4) is 16.9 Å². The van der Waals surface area contributed by atoms with Crippen LogP contribution >= 0.6 is 0 Å². The molecule has 0 unspecified atom stereocenters. The molecule has 0 saturated heterocycles. The third-order valence-corrected chi connectivity index (χ3v) is 5.54. The molecule has 0 radical (unpaired) electrons. The number of anilines is 1. The fraction of sp³-hybridized carbons (Fsp3) is 0.222. The SMILES string of the molecule is Cc1cc(C)c(-c2cc(C)c(OCC(=O)Nc3cc(C(=O)O)cc(C(=O)O)c3)cc2C)c(C)c1. The average molecular weight is 462 g/mol. The largest absolute Gasteiger partial charge is 0.483 e. The van der Waals surface area contributed by atoms with Crippen LogP contribution in [0.2, 0.25) is 0 Å². The van der Waals surface area contributed by atoms with Crippen LogP contribution in [0.5, 0.6) is 5.75 Å². The Bertz CT molecular complexity index is 1250. The molecule has 0 spiro atoms. The van der Waals surface area contributed by atoms with E-state index >= 15 is 0 Å². The highest BCUT2D eigenvalue weighted by Gasteiger charge is 2.15. The molecule has 0 fully saturated rings. The quantitative estimate of drug-likeness (QED) is 0.440. The van der Waals surface area contributed by atoms with Gasteiger partial charge < -0.3 is 20.3 Å². The number of amides is 1. The molecule has 3 aromatic carbocycles. The minimum atomic E-state index is -1.29. The molecule has 34 heavy (non-hydrogen) atoms.